The van der Waals surface area contributed by atoms with Crippen molar-refractivity contribution in [2.75, 3.05) is 0 Å². The van der Waals surface area contributed by atoms with E-state index in [2.05, 4.69) is 27.7 Å². The van der Waals surface area contributed by atoms with Crippen molar-refractivity contribution in [2.24, 2.45) is 0 Å². The average molecular weight is 337 g/mol. The number of aryl methyl sites for hydroxylation is 2. The second-order valence-corrected chi connectivity index (χ2v) is 15.5. The molecule has 1 aromatic rings. The van der Waals surface area contributed by atoms with E-state index in [1.807, 2.05) is 0 Å². The molecular formula is C8H12Cl3PZr-. The van der Waals surface area contributed by atoms with Crippen LogP contribution < -0.4 is 0 Å². The van der Waals surface area contributed by atoms with Gasteiger partial charge in [-0.3, -0.25) is 0 Å². The molecule has 0 N–H and O–H groups in total. The maximum atomic E-state index is 5.00. The molecule has 0 fully saturated rings. The first kappa shape index (κ1) is 14.5. The molecule has 0 radical (unpaired) electrons. The number of hydrogen-bond acceptors (Lipinski definition) is 0. The summed E-state index contributed by atoms with van der Waals surface area (Å²) in [4.78, 5) is 0. The molecule has 0 spiro atoms. The Balaban J connectivity index is 0.000000310. The Morgan fingerprint density at radius 1 is 1.15 bits per heavy atom. The molecule has 0 saturated heterocycles. The van der Waals surface area contributed by atoms with Crippen LogP contribution in [0, 0.1) is 27.7 Å². The molecule has 0 aliphatic carbocycles. The van der Waals surface area contributed by atoms with Crippen molar-refractivity contribution in [2.45, 2.75) is 27.7 Å². The molecule has 0 amide bonds. The zero-order chi connectivity index (χ0) is 10.6. The van der Waals surface area contributed by atoms with Crippen LogP contribution in [0.5, 0.6) is 0 Å². The van der Waals surface area contributed by atoms with Crippen LogP contribution in [0.3, 0.4) is 0 Å². The van der Waals surface area contributed by atoms with Crippen LogP contribution in [-0.2, 0) is 18.2 Å². The zero-order valence-electron chi connectivity index (χ0n) is 8.08. The van der Waals surface area contributed by atoms with Gasteiger partial charge < -0.3 is 0 Å². The third-order valence-electron chi connectivity index (χ3n) is 1.98. The minimum absolute atomic E-state index is 1.44. The molecule has 0 unspecified atom stereocenters. The van der Waals surface area contributed by atoms with E-state index < -0.39 is 18.2 Å². The fraction of sp³-hybridized carbons (Fsp3) is 0.500. The van der Waals surface area contributed by atoms with Gasteiger partial charge in [0, 0.05) is 0 Å². The monoisotopic (exact) mass is 334 g/mol. The van der Waals surface area contributed by atoms with Crippen molar-refractivity contribution in [1.82, 2.24) is 0 Å². The molecule has 0 aromatic carbocycles. The van der Waals surface area contributed by atoms with E-state index in [0.29, 0.717) is 0 Å². The van der Waals surface area contributed by atoms with Crippen LogP contribution in [0.25, 0.3) is 0 Å². The summed E-state index contributed by atoms with van der Waals surface area (Å²) >= 11 is -2.13. The van der Waals surface area contributed by atoms with Crippen LogP contribution in [0.2, 0.25) is 0 Å². The van der Waals surface area contributed by atoms with Crippen molar-refractivity contribution in [3.05, 3.63) is 21.7 Å². The van der Waals surface area contributed by atoms with Crippen LogP contribution >= 0.6 is 33.7 Å². The minimum atomic E-state index is -2.13. The summed E-state index contributed by atoms with van der Waals surface area (Å²) < 4.78 is 0. The predicted molar refractivity (Wildman–Crippen MR) is 61.1 cm³/mol. The summed E-state index contributed by atoms with van der Waals surface area (Å²) in [7, 11) is 16.4. The quantitative estimate of drug-likeness (QED) is 0.565. The Labute approximate surface area is 100 Å². The SMILES string of the molecule is Cc1p[c-](C)c(C)c1C.[Cl][Zr]([Cl])[Cl]. The van der Waals surface area contributed by atoms with E-state index >= 15 is 0 Å². The summed E-state index contributed by atoms with van der Waals surface area (Å²) in [6.45, 7) is 8.82. The molecule has 1 rings (SSSR count). The van der Waals surface area contributed by atoms with Gasteiger partial charge in [-0.05, 0) is 0 Å². The first-order valence-electron chi connectivity index (χ1n) is 3.76. The first-order valence-corrected chi connectivity index (χ1v) is 14.2. The summed E-state index contributed by atoms with van der Waals surface area (Å²) in [6.07, 6.45) is 0. The molecular weight excluding hydrogens is 325 g/mol. The van der Waals surface area contributed by atoms with Gasteiger partial charge in [-0.25, -0.2) is 8.19 Å². The van der Waals surface area contributed by atoms with Crippen molar-refractivity contribution >= 4 is 33.7 Å². The van der Waals surface area contributed by atoms with Gasteiger partial charge in [-0.15, -0.1) is 5.30 Å². The zero-order valence-corrected chi connectivity index (χ0v) is 13.7. The third-order valence-corrected chi connectivity index (χ3v) is 3.32. The summed E-state index contributed by atoms with van der Waals surface area (Å²) in [6, 6.07) is 0. The maximum absolute atomic E-state index is 5.00. The van der Waals surface area contributed by atoms with Crippen LogP contribution in [0.15, 0.2) is 0 Å². The van der Waals surface area contributed by atoms with Gasteiger partial charge in [-0.1, -0.05) is 27.7 Å². The molecule has 0 saturated carbocycles. The number of rotatable bonds is 0. The van der Waals surface area contributed by atoms with Gasteiger partial charge in [0.25, 0.3) is 0 Å². The Kier molecular flexibility index (Phi) is 7.73. The number of hydrogen-bond donors (Lipinski definition) is 0. The summed E-state index contributed by atoms with van der Waals surface area (Å²) in [5, 5.41) is 3.04. The second-order valence-electron chi connectivity index (χ2n) is 2.75. The summed E-state index contributed by atoms with van der Waals surface area (Å²) in [5.41, 5.74) is 2.99. The molecule has 0 aliphatic rings. The van der Waals surface area contributed by atoms with Gasteiger partial charge in [0.2, 0.25) is 0 Å². The Bertz CT molecular complexity index is 245. The van der Waals surface area contributed by atoms with Crippen molar-refractivity contribution in [1.29, 1.82) is 0 Å². The van der Waals surface area contributed by atoms with Crippen molar-refractivity contribution < 1.29 is 18.2 Å². The van der Waals surface area contributed by atoms with E-state index in [9.17, 15) is 0 Å². The van der Waals surface area contributed by atoms with Gasteiger partial charge in [-0.2, -0.15) is 16.4 Å². The normalized spacial score (nSPS) is 9.77. The molecule has 0 atom stereocenters. The molecule has 0 nitrogen and oxygen atoms in total. The third kappa shape index (κ3) is 5.86. The number of halogens is 3. The van der Waals surface area contributed by atoms with Crippen LogP contribution in [0.4, 0.5) is 0 Å². The molecule has 13 heavy (non-hydrogen) atoms. The molecule has 0 bridgehead atoms. The Hall–Kier alpha value is 1.53. The van der Waals surface area contributed by atoms with Crippen molar-refractivity contribution in [3.8, 4) is 0 Å². The van der Waals surface area contributed by atoms with Crippen molar-refractivity contribution in [3.63, 3.8) is 0 Å². The van der Waals surface area contributed by atoms with E-state index in [-0.39, 0.29) is 0 Å². The van der Waals surface area contributed by atoms with E-state index in [0.717, 1.165) is 0 Å². The van der Waals surface area contributed by atoms with Crippen LogP contribution in [-0.4, -0.2) is 0 Å². The predicted octanol–water partition coefficient (Wildman–Crippen LogP) is 5.29. The fourth-order valence-corrected chi connectivity index (χ4v) is 2.14. The Morgan fingerprint density at radius 2 is 1.54 bits per heavy atom. The molecule has 75 valence electrons. The van der Waals surface area contributed by atoms with E-state index in [1.54, 1.807) is 0 Å². The second kappa shape index (κ2) is 6.92. The molecule has 1 aromatic heterocycles. The summed E-state index contributed by atoms with van der Waals surface area (Å²) in [5.74, 6) is 0. The molecule has 0 aliphatic heterocycles. The fourth-order valence-electron chi connectivity index (χ4n) is 0.962. The Morgan fingerprint density at radius 3 is 1.62 bits per heavy atom. The molecule has 5 heteroatoms. The van der Waals surface area contributed by atoms with Gasteiger partial charge in [0.15, 0.2) is 0 Å². The molecule has 1 heterocycles. The van der Waals surface area contributed by atoms with Gasteiger partial charge in [0.1, 0.15) is 0 Å². The van der Waals surface area contributed by atoms with E-state index in [4.69, 9.17) is 25.5 Å². The topological polar surface area (TPSA) is 0 Å². The van der Waals surface area contributed by atoms with Gasteiger partial charge in [0.05, 0.1) is 0 Å². The van der Waals surface area contributed by atoms with E-state index in [1.165, 1.54) is 29.9 Å². The van der Waals surface area contributed by atoms with Crippen LogP contribution in [0.1, 0.15) is 21.7 Å². The average Bonchev–Trinajstić information content (AvgIpc) is 2.17. The standard InChI is InChI=1S/C8H12P.3ClH.Zr/c1-5-6(2)8(4)9-7(5)3;;;;/h1-4H3;3*1H;/q-1;;;;+3/p-3. The van der Waals surface area contributed by atoms with Gasteiger partial charge >= 0.3 is 43.7 Å². The first-order chi connectivity index (χ1) is 5.86.